The third-order valence-electron chi connectivity index (χ3n) is 5.64. The van der Waals surface area contributed by atoms with Crippen molar-refractivity contribution in [1.82, 2.24) is 0 Å². The van der Waals surface area contributed by atoms with E-state index < -0.39 is 58.5 Å². The van der Waals surface area contributed by atoms with Crippen molar-refractivity contribution in [1.29, 1.82) is 0 Å². The smallest absolute Gasteiger partial charge is 0.305 e. The minimum absolute atomic E-state index is 0.0489. The summed E-state index contributed by atoms with van der Waals surface area (Å²) in [7, 11) is 0. The molecular formula is C20H18N2O9. The highest BCUT2D eigenvalue weighted by atomic mass is 16.7. The number of esters is 2. The topological polar surface area (TPSA) is 142 Å². The van der Waals surface area contributed by atoms with Gasteiger partial charge in [0.25, 0.3) is 12.0 Å². The zero-order chi connectivity index (χ0) is 22.7. The number of fused-ring (bicyclic) bond motifs is 5. The monoisotopic (exact) mass is 430 g/mol. The first-order chi connectivity index (χ1) is 14.6. The fourth-order valence-corrected chi connectivity index (χ4v) is 4.40. The van der Waals surface area contributed by atoms with E-state index in [1.54, 1.807) is 13.0 Å². The Bertz CT molecular complexity index is 1050. The van der Waals surface area contributed by atoms with Crippen molar-refractivity contribution < 1.29 is 38.3 Å². The summed E-state index contributed by atoms with van der Waals surface area (Å²) in [6.45, 7) is 3.75. The third-order valence-corrected chi connectivity index (χ3v) is 5.64. The van der Waals surface area contributed by atoms with Gasteiger partial charge in [-0.2, -0.15) is 0 Å². The molecule has 0 radical (unpaired) electrons. The van der Waals surface area contributed by atoms with Crippen LogP contribution >= 0.6 is 0 Å². The lowest BCUT2D eigenvalue weighted by Crippen LogP contribution is -2.52. The van der Waals surface area contributed by atoms with Crippen LogP contribution in [0.1, 0.15) is 19.4 Å². The van der Waals surface area contributed by atoms with Gasteiger partial charge in [0.1, 0.15) is 0 Å². The highest BCUT2D eigenvalue weighted by Gasteiger charge is 2.72. The van der Waals surface area contributed by atoms with E-state index in [0.29, 0.717) is 5.56 Å². The number of imide groups is 1. The molecule has 31 heavy (non-hydrogen) atoms. The zero-order valence-corrected chi connectivity index (χ0v) is 16.8. The maximum Gasteiger partial charge on any atom is 0.305 e. The number of hydrogen-bond donors (Lipinski definition) is 0. The first-order valence-corrected chi connectivity index (χ1v) is 9.41. The molecule has 11 heteroatoms. The van der Waals surface area contributed by atoms with Gasteiger partial charge in [0.15, 0.2) is 5.60 Å². The van der Waals surface area contributed by atoms with Gasteiger partial charge in [-0.25, -0.2) is 4.90 Å². The number of ether oxygens (including phenoxy) is 3. The Hall–Kier alpha value is -3.60. The van der Waals surface area contributed by atoms with E-state index in [2.05, 4.69) is 0 Å². The highest BCUT2D eigenvalue weighted by molar-refractivity contribution is 6.23. The van der Waals surface area contributed by atoms with Gasteiger partial charge in [-0.1, -0.05) is 12.1 Å². The number of hydrogen-bond acceptors (Lipinski definition) is 9. The van der Waals surface area contributed by atoms with E-state index in [1.165, 1.54) is 18.2 Å². The number of nitro groups is 1. The van der Waals surface area contributed by atoms with Gasteiger partial charge < -0.3 is 14.2 Å². The van der Waals surface area contributed by atoms with Crippen molar-refractivity contribution in [2.24, 2.45) is 11.8 Å². The molecule has 0 spiro atoms. The third kappa shape index (κ3) is 3.00. The summed E-state index contributed by atoms with van der Waals surface area (Å²) in [5.41, 5.74) is -1.49. The Morgan fingerprint density at radius 2 is 1.84 bits per heavy atom. The van der Waals surface area contributed by atoms with Gasteiger partial charge in [0.05, 0.1) is 28.6 Å². The normalized spacial score (nSPS) is 28.3. The average Bonchev–Trinajstić information content (AvgIpc) is 3.32. The molecule has 0 unspecified atom stereocenters. The largest absolute Gasteiger partial charge is 0.422 e. The Morgan fingerprint density at radius 3 is 2.42 bits per heavy atom. The van der Waals surface area contributed by atoms with E-state index in [-0.39, 0.29) is 11.4 Å². The SMILES string of the molecule is CC(=O)OC(OC(C)=O)[C@@]12C=C[C@H](O1)[C@H]1C(=O)N(c3ccc(C)c([N+](=O)[O-])c3)C(=O)[C@H]12. The van der Waals surface area contributed by atoms with Gasteiger partial charge in [-0.15, -0.1) is 0 Å². The molecule has 0 saturated carbocycles. The first-order valence-electron chi connectivity index (χ1n) is 9.41. The fourth-order valence-electron chi connectivity index (χ4n) is 4.40. The molecule has 4 rings (SSSR count). The Balaban J connectivity index is 1.76. The number of rotatable bonds is 5. The van der Waals surface area contributed by atoms with Crippen LogP contribution in [0.25, 0.3) is 0 Å². The van der Waals surface area contributed by atoms with Crippen LogP contribution in [0.5, 0.6) is 0 Å². The van der Waals surface area contributed by atoms with Crippen molar-refractivity contribution >= 4 is 35.1 Å². The number of carbonyl (C=O) groups is 4. The Labute approximate surface area is 175 Å². The molecule has 3 aliphatic heterocycles. The molecule has 1 aromatic carbocycles. The van der Waals surface area contributed by atoms with Crippen LogP contribution in [-0.2, 0) is 33.4 Å². The summed E-state index contributed by atoms with van der Waals surface area (Å²) in [4.78, 5) is 61.3. The summed E-state index contributed by atoms with van der Waals surface area (Å²) in [5.74, 6) is -4.93. The lowest BCUT2D eigenvalue weighted by atomic mass is 9.76. The molecule has 3 heterocycles. The molecule has 2 fully saturated rings. The lowest BCUT2D eigenvalue weighted by Gasteiger charge is -2.34. The molecule has 3 aliphatic rings. The molecule has 2 amide bonds. The molecule has 11 nitrogen and oxygen atoms in total. The summed E-state index contributed by atoms with van der Waals surface area (Å²) < 4.78 is 16.1. The van der Waals surface area contributed by atoms with Crippen LogP contribution in [0.15, 0.2) is 30.4 Å². The molecule has 0 aliphatic carbocycles. The molecule has 2 saturated heterocycles. The summed E-state index contributed by atoms with van der Waals surface area (Å²) in [6.07, 6.45) is 0.623. The van der Waals surface area contributed by atoms with Gasteiger partial charge in [-0.3, -0.25) is 29.3 Å². The minimum Gasteiger partial charge on any atom is -0.422 e. The van der Waals surface area contributed by atoms with Crippen LogP contribution in [0.4, 0.5) is 11.4 Å². The van der Waals surface area contributed by atoms with Crippen molar-refractivity contribution in [3.63, 3.8) is 0 Å². The maximum absolute atomic E-state index is 13.4. The van der Waals surface area contributed by atoms with Crippen LogP contribution < -0.4 is 4.90 Å². The van der Waals surface area contributed by atoms with E-state index in [9.17, 15) is 29.3 Å². The highest BCUT2D eigenvalue weighted by Crippen LogP contribution is 2.54. The average molecular weight is 430 g/mol. The summed E-state index contributed by atoms with van der Waals surface area (Å²) in [5, 5.41) is 11.3. The second kappa shape index (κ2) is 6.98. The van der Waals surface area contributed by atoms with Crippen LogP contribution in [0, 0.1) is 28.9 Å². The van der Waals surface area contributed by atoms with Crippen molar-refractivity contribution in [3.8, 4) is 0 Å². The van der Waals surface area contributed by atoms with Gasteiger partial charge in [0.2, 0.25) is 11.8 Å². The van der Waals surface area contributed by atoms with Gasteiger partial charge in [0, 0.05) is 25.5 Å². The van der Waals surface area contributed by atoms with E-state index in [4.69, 9.17) is 14.2 Å². The molecular weight excluding hydrogens is 412 g/mol. The van der Waals surface area contributed by atoms with Crippen molar-refractivity contribution in [3.05, 3.63) is 46.0 Å². The van der Waals surface area contributed by atoms with Crippen molar-refractivity contribution in [2.75, 3.05) is 4.90 Å². The predicted molar refractivity (Wildman–Crippen MR) is 101 cm³/mol. The molecule has 162 valence electrons. The number of amides is 2. The van der Waals surface area contributed by atoms with Crippen LogP contribution in [0.3, 0.4) is 0 Å². The van der Waals surface area contributed by atoms with E-state index in [0.717, 1.165) is 24.8 Å². The Kier molecular flexibility index (Phi) is 4.65. The lowest BCUT2D eigenvalue weighted by molar-refractivity contribution is -0.385. The standard InChI is InChI=1S/C20H18N2O9/c1-9-4-5-12(8-13(9)22(27)28)21-17(25)15-14-6-7-20(31-14,16(15)18(21)26)19(29-10(2)23)30-11(3)24/h4-8,14-16,19H,1-3H3/t14-,15+,16-,20-/m0/s1. The van der Waals surface area contributed by atoms with Crippen molar-refractivity contribution in [2.45, 2.75) is 38.8 Å². The zero-order valence-electron chi connectivity index (χ0n) is 16.8. The summed E-state index contributed by atoms with van der Waals surface area (Å²) >= 11 is 0. The van der Waals surface area contributed by atoms with Gasteiger partial charge >= 0.3 is 11.9 Å². The fraction of sp³-hybridized carbons (Fsp3) is 0.400. The van der Waals surface area contributed by atoms with E-state index >= 15 is 0 Å². The number of anilines is 1. The van der Waals surface area contributed by atoms with Crippen LogP contribution in [0.2, 0.25) is 0 Å². The molecule has 4 atom stereocenters. The Morgan fingerprint density at radius 1 is 1.19 bits per heavy atom. The maximum atomic E-state index is 13.4. The first kappa shape index (κ1) is 20.7. The molecule has 0 N–H and O–H groups in total. The summed E-state index contributed by atoms with van der Waals surface area (Å²) in [6, 6.07) is 4.05. The minimum atomic E-state index is -1.68. The number of nitrogens with zero attached hydrogens (tertiary/aromatic N) is 2. The quantitative estimate of drug-likeness (QED) is 0.168. The van der Waals surface area contributed by atoms with Gasteiger partial charge in [-0.05, 0) is 19.1 Å². The van der Waals surface area contributed by atoms with Crippen LogP contribution in [-0.4, -0.2) is 46.7 Å². The number of aryl methyl sites for hydroxylation is 1. The van der Waals surface area contributed by atoms with E-state index in [1.807, 2.05) is 0 Å². The predicted octanol–water partition coefficient (Wildman–Crippen LogP) is 1.17. The molecule has 0 aromatic heterocycles. The number of benzene rings is 1. The number of nitro benzene ring substituents is 1. The molecule has 1 aromatic rings. The second-order valence-corrected chi connectivity index (χ2v) is 7.59. The number of carbonyl (C=O) groups excluding carboxylic acids is 4. The second-order valence-electron chi connectivity index (χ2n) is 7.59. The molecule has 2 bridgehead atoms.